The smallest absolute Gasteiger partial charge is 0.320 e. The minimum atomic E-state index is -0.308. The van der Waals surface area contributed by atoms with E-state index in [-0.39, 0.29) is 11.9 Å². The molecule has 0 spiro atoms. The first kappa shape index (κ1) is 22.2. The number of nitrogens with zero attached hydrogens (tertiary/aromatic N) is 4. The van der Waals surface area contributed by atoms with E-state index in [4.69, 9.17) is 4.74 Å². The maximum absolute atomic E-state index is 13.1. The quantitative estimate of drug-likeness (QED) is 0.445. The molecule has 0 aliphatic rings. The molecular formula is C23H22N6O3S. The summed E-state index contributed by atoms with van der Waals surface area (Å²) in [4.78, 5) is 39.9. The van der Waals surface area contributed by atoms with E-state index in [9.17, 15) is 9.59 Å². The molecule has 0 saturated carbocycles. The summed E-state index contributed by atoms with van der Waals surface area (Å²) in [5, 5.41) is 6.23. The number of fused-ring (bicyclic) bond motifs is 1. The number of urea groups is 1. The molecule has 3 amide bonds. The van der Waals surface area contributed by atoms with Crippen molar-refractivity contribution in [3.63, 3.8) is 0 Å². The Morgan fingerprint density at radius 1 is 1.15 bits per heavy atom. The van der Waals surface area contributed by atoms with Gasteiger partial charge in [0, 0.05) is 54.8 Å². The van der Waals surface area contributed by atoms with Gasteiger partial charge in [-0.2, -0.15) is 4.98 Å². The lowest BCUT2D eigenvalue weighted by molar-refractivity contribution is 0.0996. The Bertz CT molecular complexity index is 1310. The summed E-state index contributed by atoms with van der Waals surface area (Å²) >= 11 is 1.37. The molecule has 0 radical (unpaired) electrons. The summed E-state index contributed by atoms with van der Waals surface area (Å²) in [5.74, 6) is 1.20. The number of carbonyl (C=O) groups is 2. The fraction of sp³-hybridized carbons (Fsp3) is 0.174. The van der Waals surface area contributed by atoms with Crippen molar-refractivity contribution < 1.29 is 14.3 Å². The molecule has 4 heterocycles. The van der Waals surface area contributed by atoms with Crippen molar-refractivity contribution in [2.45, 2.75) is 6.92 Å². The van der Waals surface area contributed by atoms with Gasteiger partial charge in [-0.05, 0) is 31.2 Å². The zero-order chi connectivity index (χ0) is 23.4. The van der Waals surface area contributed by atoms with Gasteiger partial charge in [-0.1, -0.05) is 6.07 Å². The van der Waals surface area contributed by atoms with Crippen LogP contribution in [0.15, 0.2) is 55.0 Å². The minimum absolute atomic E-state index is 0.178. The Hall–Kier alpha value is -4.05. The van der Waals surface area contributed by atoms with Gasteiger partial charge in [0.05, 0.1) is 16.7 Å². The molecule has 0 aromatic carbocycles. The summed E-state index contributed by atoms with van der Waals surface area (Å²) < 4.78 is 6.04. The zero-order valence-electron chi connectivity index (χ0n) is 18.3. The third-order valence-electron chi connectivity index (χ3n) is 4.88. The van der Waals surface area contributed by atoms with Gasteiger partial charge in [-0.15, -0.1) is 11.3 Å². The molecule has 4 aromatic heterocycles. The molecular weight excluding hydrogens is 440 g/mol. The highest BCUT2D eigenvalue weighted by atomic mass is 32.1. The number of carbonyl (C=O) groups excluding carboxylic acids is 2. The van der Waals surface area contributed by atoms with E-state index >= 15 is 0 Å². The Labute approximate surface area is 194 Å². The van der Waals surface area contributed by atoms with E-state index in [1.165, 1.54) is 23.3 Å². The fourth-order valence-corrected chi connectivity index (χ4v) is 4.25. The standard InChI is InChI=1S/C23H22N6O3S/c1-4-25-23(31)27-19-9-8-14(11-26-19)16-12-24-13-18-15(16)10-17(33-18)22(30)29(2)20-6-5-7-21(28-20)32-3/h5-13H,4H2,1-3H3,(H2,25,26,27,31). The summed E-state index contributed by atoms with van der Waals surface area (Å²) in [5.41, 5.74) is 1.68. The number of aromatic nitrogens is 3. The van der Waals surface area contributed by atoms with E-state index in [0.29, 0.717) is 28.9 Å². The van der Waals surface area contributed by atoms with Crippen molar-refractivity contribution in [1.82, 2.24) is 20.3 Å². The summed E-state index contributed by atoms with van der Waals surface area (Å²) in [6, 6.07) is 10.4. The highest BCUT2D eigenvalue weighted by molar-refractivity contribution is 7.21. The van der Waals surface area contributed by atoms with E-state index in [1.807, 2.05) is 19.1 Å². The fourth-order valence-electron chi connectivity index (χ4n) is 3.22. The first-order valence-corrected chi connectivity index (χ1v) is 11.0. The van der Waals surface area contributed by atoms with Crippen LogP contribution in [-0.2, 0) is 0 Å². The molecule has 0 aliphatic carbocycles. The lowest BCUT2D eigenvalue weighted by atomic mass is 10.1. The molecule has 4 aromatic rings. The molecule has 0 unspecified atom stereocenters. The second-order valence-electron chi connectivity index (χ2n) is 7.03. The number of hydrogen-bond donors (Lipinski definition) is 2. The van der Waals surface area contributed by atoms with Crippen molar-refractivity contribution in [3.05, 3.63) is 59.9 Å². The molecule has 0 fully saturated rings. The van der Waals surface area contributed by atoms with Crippen LogP contribution >= 0.6 is 11.3 Å². The van der Waals surface area contributed by atoms with E-state index in [1.54, 1.807) is 49.9 Å². The van der Waals surface area contributed by atoms with E-state index in [0.717, 1.165) is 21.2 Å². The second-order valence-corrected chi connectivity index (χ2v) is 8.11. The second kappa shape index (κ2) is 9.61. The Balaban J connectivity index is 1.61. The zero-order valence-corrected chi connectivity index (χ0v) is 19.1. The van der Waals surface area contributed by atoms with Gasteiger partial charge in [0.2, 0.25) is 5.88 Å². The van der Waals surface area contributed by atoms with Crippen molar-refractivity contribution in [2.75, 3.05) is 30.9 Å². The third kappa shape index (κ3) is 4.75. The molecule has 0 atom stereocenters. The van der Waals surface area contributed by atoms with Gasteiger partial charge in [0.15, 0.2) is 0 Å². The number of amides is 3. The molecule has 2 N–H and O–H groups in total. The molecule has 9 nitrogen and oxygen atoms in total. The molecule has 4 rings (SSSR count). The van der Waals surface area contributed by atoms with Crippen LogP contribution in [0.25, 0.3) is 21.2 Å². The molecule has 168 valence electrons. The van der Waals surface area contributed by atoms with Crippen molar-refractivity contribution in [1.29, 1.82) is 0 Å². The van der Waals surface area contributed by atoms with E-state index < -0.39 is 0 Å². The van der Waals surface area contributed by atoms with Crippen LogP contribution in [-0.4, -0.2) is 47.6 Å². The van der Waals surface area contributed by atoms with Crippen LogP contribution in [0.5, 0.6) is 5.88 Å². The number of nitrogens with one attached hydrogen (secondary N) is 2. The minimum Gasteiger partial charge on any atom is -0.481 e. The number of anilines is 2. The normalized spacial score (nSPS) is 10.6. The SMILES string of the molecule is CCNC(=O)Nc1ccc(-c2cncc3sc(C(=O)N(C)c4cccc(OC)n4)cc23)cn1. The first-order valence-electron chi connectivity index (χ1n) is 10.2. The monoisotopic (exact) mass is 462 g/mol. The number of pyridine rings is 3. The number of ether oxygens (including phenoxy) is 1. The first-order chi connectivity index (χ1) is 16.0. The molecule has 10 heteroatoms. The maximum atomic E-state index is 13.1. The number of rotatable bonds is 6. The molecule has 33 heavy (non-hydrogen) atoms. The lowest BCUT2D eigenvalue weighted by Crippen LogP contribution is -2.28. The topological polar surface area (TPSA) is 109 Å². The van der Waals surface area contributed by atoms with Crippen molar-refractivity contribution in [2.24, 2.45) is 0 Å². The molecule has 0 bridgehead atoms. The van der Waals surface area contributed by atoms with Crippen LogP contribution in [0.2, 0.25) is 0 Å². The van der Waals surface area contributed by atoms with Gasteiger partial charge >= 0.3 is 6.03 Å². The van der Waals surface area contributed by atoms with Crippen LogP contribution < -0.4 is 20.3 Å². The highest BCUT2D eigenvalue weighted by Gasteiger charge is 2.19. The van der Waals surface area contributed by atoms with Crippen LogP contribution in [0, 0.1) is 0 Å². The van der Waals surface area contributed by atoms with Crippen LogP contribution in [0.1, 0.15) is 16.6 Å². The molecule has 0 saturated heterocycles. The Kier molecular flexibility index (Phi) is 6.45. The summed E-state index contributed by atoms with van der Waals surface area (Å²) in [7, 11) is 3.21. The van der Waals surface area contributed by atoms with Crippen molar-refractivity contribution >= 4 is 45.0 Å². The van der Waals surface area contributed by atoms with Gasteiger partial charge < -0.3 is 10.1 Å². The average molecular weight is 463 g/mol. The maximum Gasteiger partial charge on any atom is 0.320 e. The highest BCUT2D eigenvalue weighted by Crippen LogP contribution is 2.34. The Morgan fingerprint density at radius 3 is 2.73 bits per heavy atom. The lowest BCUT2D eigenvalue weighted by Gasteiger charge is -2.15. The van der Waals surface area contributed by atoms with Gasteiger partial charge in [0.1, 0.15) is 11.6 Å². The number of hydrogen-bond acceptors (Lipinski definition) is 7. The van der Waals surface area contributed by atoms with Crippen LogP contribution in [0.4, 0.5) is 16.4 Å². The predicted octanol–water partition coefficient (Wildman–Crippen LogP) is 4.18. The number of thiophene rings is 1. The predicted molar refractivity (Wildman–Crippen MR) is 129 cm³/mol. The average Bonchev–Trinajstić information content (AvgIpc) is 3.28. The summed E-state index contributed by atoms with van der Waals surface area (Å²) in [6.07, 6.45) is 5.15. The third-order valence-corrected chi connectivity index (χ3v) is 5.93. The summed E-state index contributed by atoms with van der Waals surface area (Å²) in [6.45, 7) is 2.37. The Morgan fingerprint density at radius 2 is 2.00 bits per heavy atom. The number of methoxy groups -OCH3 is 1. The van der Waals surface area contributed by atoms with Gasteiger partial charge in [0.25, 0.3) is 5.91 Å². The molecule has 0 aliphatic heterocycles. The van der Waals surface area contributed by atoms with Gasteiger partial charge in [-0.3, -0.25) is 20.0 Å². The largest absolute Gasteiger partial charge is 0.481 e. The van der Waals surface area contributed by atoms with Crippen LogP contribution in [0.3, 0.4) is 0 Å². The van der Waals surface area contributed by atoms with Gasteiger partial charge in [-0.25, -0.2) is 9.78 Å². The van der Waals surface area contributed by atoms with Crippen molar-refractivity contribution in [3.8, 4) is 17.0 Å². The van der Waals surface area contributed by atoms with E-state index in [2.05, 4.69) is 25.6 Å².